The van der Waals surface area contributed by atoms with Crippen LogP contribution in [0.15, 0.2) is 54.7 Å². The van der Waals surface area contributed by atoms with Gasteiger partial charge in [-0.25, -0.2) is 9.97 Å². The highest BCUT2D eigenvalue weighted by molar-refractivity contribution is 8.02. The smallest absolute Gasteiger partial charge is 0.258 e. The first kappa shape index (κ1) is 21.8. The van der Waals surface area contributed by atoms with Gasteiger partial charge in [0.25, 0.3) is 11.1 Å². The molecule has 0 amide bonds. The molecule has 0 aliphatic heterocycles. The van der Waals surface area contributed by atoms with Crippen molar-refractivity contribution in [3.8, 4) is 0 Å². The van der Waals surface area contributed by atoms with Gasteiger partial charge in [-0.3, -0.25) is 9.59 Å². The van der Waals surface area contributed by atoms with Crippen LogP contribution < -0.4 is 11.1 Å². The van der Waals surface area contributed by atoms with Crippen LogP contribution in [-0.4, -0.2) is 30.1 Å². The highest BCUT2D eigenvalue weighted by Crippen LogP contribution is 2.31. The lowest BCUT2D eigenvalue weighted by atomic mass is 10.1. The molecule has 0 saturated heterocycles. The number of hydrogen-bond donors (Lipinski definition) is 2. The fourth-order valence-corrected chi connectivity index (χ4v) is 6.17. The van der Waals surface area contributed by atoms with Crippen LogP contribution >= 0.6 is 34.9 Å². The standard InChI is InChI=1S/C22H18N6O2S3/c1-11-5-3-7-13-17(11)23-15(25-19(13)29)9-31-21-27-28-22(33-21)32-10-16-24-18-12(2)6-4-8-14(18)20(30)26-16/h3-8H,9-10H2,1-2H3,(H,23,25,29)(H,24,26,30). The minimum atomic E-state index is -0.139. The number of H-pyrrole nitrogens is 2. The molecule has 0 saturated carbocycles. The summed E-state index contributed by atoms with van der Waals surface area (Å²) in [5.41, 5.74) is 3.10. The molecule has 0 fully saturated rings. The second-order valence-electron chi connectivity index (χ2n) is 7.38. The fraction of sp³-hybridized carbons (Fsp3) is 0.182. The highest BCUT2D eigenvalue weighted by atomic mass is 32.2. The van der Waals surface area contributed by atoms with Gasteiger partial charge in [0.05, 0.1) is 33.3 Å². The number of nitrogens with one attached hydrogen (secondary N) is 2. The van der Waals surface area contributed by atoms with Crippen molar-refractivity contribution in [3.05, 3.63) is 79.9 Å². The van der Waals surface area contributed by atoms with Crippen molar-refractivity contribution in [1.82, 2.24) is 30.1 Å². The first-order chi connectivity index (χ1) is 16.0. The van der Waals surface area contributed by atoms with Gasteiger partial charge in [-0.05, 0) is 37.1 Å². The van der Waals surface area contributed by atoms with E-state index < -0.39 is 0 Å². The predicted molar refractivity (Wildman–Crippen MR) is 133 cm³/mol. The molecule has 0 unspecified atom stereocenters. The van der Waals surface area contributed by atoms with Crippen molar-refractivity contribution in [3.63, 3.8) is 0 Å². The van der Waals surface area contributed by atoms with Gasteiger partial charge >= 0.3 is 0 Å². The Morgan fingerprint density at radius 3 is 1.67 bits per heavy atom. The van der Waals surface area contributed by atoms with Crippen LogP contribution in [0, 0.1) is 13.8 Å². The zero-order valence-electron chi connectivity index (χ0n) is 17.7. The second kappa shape index (κ2) is 9.08. The fourth-order valence-electron chi connectivity index (χ4n) is 3.41. The summed E-state index contributed by atoms with van der Waals surface area (Å²) in [6, 6.07) is 11.1. The third kappa shape index (κ3) is 4.56. The van der Waals surface area contributed by atoms with Gasteiger partial charge < -0.3 is 9.97 Å². The number of aromatic amines is 2. The van der Waals surface area contributed by atoms with Crippen LogP contribution in [0.1, 0.15) is 22.8 Å². The van der Waals surface area contributed by atoms with Crippen molar-refractivity contribution < 1.29 is 0 Å². The third-order valence-corrected chi connectivity index (χ3v) is 8.24. The molecule has 0 bridgehead atoms. The lowest BCUT2D eigenvalue weighted by molar-refractivity contribution is 0.949. The normalized spacial score (nSPS) is 11.5. The zero-order chi connectivity index (χ0) is 22.9. The highest BCUT2D eigenvalue weighted by Gasteiger charge is 2.11. The minimum Gasteiger partial charge on any atom is -0.309 e. The molecule has 0 radical (unpaired) electrons. The van der Waals surface area contributed by atoms with Gasteiger partial charge in [0.2, 0.25) is 0 Å². The number of nitrogens with zero attached hydrogens (tertiary/aromatic N) is 4. The number of aryl methyl sites for hydroxylation is 2. The van der Waals surface area contributed by atoms with Crippen LogP contribution in [0.5, 0.6) is 0 Å². The van der Waals surface area contributed by atoms with E-state index in [1.807, 2.05) is 38.1 Å². The molecular weight excluding hydrogens is 476 g/mol. The van der Waals surface area contributed by atoms with Gasteiger partial charge in [0, 0.05) is 0 Å². The number of thioether (sulfide) groups is 2. The van der Waals surface area contributed by atoms with Crippen molar-refractivity contribution in [1.29, 1.82) is 0 Å². The molecule has 2 N–H and O–H groups in total. The Balaban J connectivity index is 1.27. The van der Waals surface area contributed by atoms with E-state index in [2.05, 4.69) is 30.1 Å². The molecule has 8 nitrogen and oxygen atoms in total. The molecule has 0 aliphatic carbocycles. The number of fused-ring (bicyclic) bond motifs is 2. The Labute approximate surface area is 200 Å². The molecule has 5 rings (SSSR count). The summed E-state index contributed by atoms with van der Waals surface area (Å²) in [7, 11) is 0. The number of aromatic nitrogens is 6. The maximum Gasteiger partial charge on any atom is 0.258 e. The SMILES string of the molecule is Cc1cccc2c(=O)[nH]c(CSc3nnc(SCc4nc5c(C)cccc5c(=O)[nH]4)s3)nc12. The van der Waals surface area contributed by atoms with Crippen LogP contribution in [0.3, 0.4) is 0 Å². The second-order valence-corrected chi connectivity index (χ2v) is 10.8. The quantitative estimate of drug-likeness (QED) is 0.337. The molecule has 3 heterocycles. The van der Waals surface area contributed by atoms with Gasteiger partial charge in [0.15, 0.2) is 8.68 Å². The van der Waals surface area contributed by atoms with Crippen molar-refractivity contribution in [2.45, 2.75) is 34.0 Å². The van der Waals surface area contributed by atoms with E-state index in [1.165, 1.54) is 34.9 Å². The first-order valence-electron chi connectivity index (χ1n) is 10.0. The van der Waals surface area contributed by atoms with Crippen LogP contribution in [0.2, 0.25) is 0 Å². The van der Waals surface area contributed by atoms with E-state index in [0.717, 1.165) is 30.8 Å². The van der Waals surface area contributed by atoms with E-state index in [-0.39, 0.29) is 11.1 Å². The molecule has 0 atom stereocenters. The van der Waals surface area contributed by atoms with Crippen LogP contribution in [0.25, 0.3) is 21.8 Å². The average molecular weight is 495 g/mol. The first-order valence-corrected chi connectivity index (χ1v) is 12.8. The zero-order valence-corrected chi connectivity index (χ0v) is 20.2. The Bertz CT molecular complexity index is 1490. The van der Waals surface area contributed by atoms with E-state index in [4.69, 9.17) is 0 Å². The summed E-state index contributed by atoms with van der Waals surface area (Å²) in [6.45, 7) is 3.89. The van der Waals surface area contributed by atoms with Crippen molar-refractivity contribution in [2.75, 3.05) is 0 Å². The van der Waals surface area contributed by atoms with Gasteiger partial charge in [0.1, 0.15) is 11.6 Å². The van der Waals surface area contributed by atoms with Crippen LogP contribution in [0.4, 0.5) is 0 Å². The molecular formula is C22H18N6O2S3. The Kier molecular flexibility index (Phi) is 6.00. The topological polar surface area (TPSA) is 117 Å². The molecule has 5 aromatic rings. The lowest BCUT2D eigenvalue weighted by Crippen LogP contribution is -2.11. The summed E-state index contributed by atoms with van der Waals surface area (Å²) < 4.78 is 1.56. The summed E-state index contributed by atoms with van der Waals surface area (Å²) in [5, 5.41) is 9.64. The van der Waals surface area contributed by atoms with E-state index in [1.54, 1.807) is 12.1 Å². The Hall–Kier alpha value is -3.02. The predicted octanol–water partition coefficient (Wildman–Crippen LogP) is 4.21. The molecule has 11 heteroatoms. The molecule has 33 heavy (non-hydrogen) atoms. The number of para-hydroxylation sites is 2. The van der Waals surface area contributed by atoms with Gasteiger partial charge in [-0.15, -0.1) is 10.2 Å². The molecule has 3 aromatic heterocycles. The molecule has 0 aliphatic rings. The summed E-state index contributed by atoms with van der Waals surface area (Å²) >= 11 is 4.40. The van der Waals surface area contributed by atoms with Crippen molar-refractivity contribution >= 4 is 56.7 Å². The summed E-state index contributed by atoms with van der Waals surface area (Å²) in [4.78, 5) is 39.6. The molecule has 2 aromatic carbocycles. The van der Waals surface area contributed by atoms with E-state index >= 15 is 0 Å². The third-order valence-electron chi connectivity index (χ3n) is 5.03. The van der Waals surface area contributed by atoms with Crippen LogP contribution in [-0.2, 0) is 11.5 Å². The van der Waals surface area contributed by atoms with Crippen molar-refractivity contribution in [2.24, 2.45) is 0 Å². The van der Waals surface area contributed by atoms with Gasteiger partial charge in [-0.1, -0.05) is 59.1 Å². The maximum absolute atomic E-state index is 12.3. The monoisotopic (exact) mass is 494 g/mol. The summed E-state index contributed by atoms with van der Waals surface area (Å²) in [5.74, 6) is 2.17. The van der Waals surface area contributed by atoms with Gasteiger partial charge in [-0.2, -0.15) is 0 Å². The van der Waals surface area contributed by atoms with E-state index in [0.29, 0.717) is 33.9 Å². The Morgan fingerprint density at radius 1 is 0.758 bits per heavy atom. The summed E-state index contributed by atoms with van der Waals surface area (Å²) in [6.07, 6.45) is 0. The lowest BCUT2D eigenvalue weighted by Gasteiger charge is -2.04. The molecule has 0 spiro atoms. The number of hydrogen-bond acceptors (Lipinski definition) is 9. The Morgan fingerprint density at radius 2 is 1.21 bits per heavy atom. The number of benzene rings is 2. The largest absolute Gasteiger partial charge is 0.309 e. The molecule has 166 valence electrons. The maximum atomic E-state index is 12.3. The number of rotatable bonds is 6. The van der Waals surface area contributed by atoms with E-state index in [9.17, 15) is 9.59 Å². The minimum absolute atomic E-state index is 0.139. The average Bonchev–Trinajstić information content (AvgIpc) is 3.26.